The Bertz CT molecular complexity index is 1170. The van der Waals surface area contributed by atoms with E-state index in [1.807, 2.05) is 0 Å². The van der Waals surface area contributed by atoms with Crippen LogP contribution in [0.15, 0.2) is 72.8 Å². The Morgan fingerprint density at radius 3 is 2.20 bits per heavy atom. The van der Waals surface area contributed by atoms with Crippen molar-refractivity contribution in [2.45, 2.75) is 12.6 Å². The number of carbonyl (C=O) groups excluding carboxylic acids is 2. The van der Waals surface area contributed by atoms with E-state index >= 15 is 0 Å². The van der Waals surface area contributed by atoms with Crippen LogP contribution in [0.25, 0.3) is 0 Å². The van der Waals surface area contributed by atoms with Crippen LogP contribution >= 0.6 is 11.6 Å². The van der Waals surface area contributed by atoms with Gasteiger partial charge in [-0.15, -0.1) is 0 Å². The van der Waals surface area contributed by atoms with Crippen LogP contribution in [0.3, 0.4) is 0 Å². The first kappa shape index (κ1) is 25.8. The molecule has 3 aromatic carbocycles. The maximum absolute atomic E-state index is 13.4. The molecule has 0 aliphatic heterocycles. The topological polar surface area (TPSA) is 73.5 Å². The summed E-state index contributed by atoms with van der Waals surface area (Å²) in [5.41, 5.74) is -0.114. The molecule has 11 heteroatoms. The van der Waals surface area contributed by atoms with E-state index in [9.17, 15) is 27.2 Å². The molecule has 0 fully saturated rings. The lowest BCUT2D eigenvalue weighted by molar-refractivity contribution is -0.137. The average Bonchev–Trinajstić information content (AvgIpc) is 2.79. The quantitative estimate of drug-likeness (QED) is 0.244. The monoisotopic (exact) mass is 508 g/mol. The van der Waals surface area contributed by atoms with Crippen LogP contribution in [0.2, 0.25) is 5.02 Å². The summed E-state index contributed by atoms with van der Waals surface area (Å²) >= 11 is 5.88. The molecule has 4 amide bonds. The maximum Gasteiger partial charge on any atom is 0.416 e. The highest BCUT2D eigenvalue weighted by Crippen LogP contribution is 2.31. The third kappa shape index (κ3) is 7.89. The largest absolute Gasteiger partial charge is 0.416 e. The molecule has 0 aliphatic carbocycles. The van der Waals surface area contributed by atoms with Gasteiger partial charge >= 0.3 is 18.2 Å². The Hall–Kier alpha value is -3.79. The molecular formula is C24H21ClF4N4O2. The van der Waals surface area contributed by atoms with Crippen molar-refractivity contribution >= 4 is 40.7 Å². The molecule has 0 atom stereocenters. The predicted molar refractivity (Wildman–Crippen MR) is 127 cm³/mol. The summed E-state index contributed by atoms with van der Waals surface area (Å²) < 4.78 is 52.3. The predicted octanol–water partition coefficient (Wildman–Crippen LogP) is 6.75. The van der Waals surface area contributed by atoms with Crippen molar-refractivity contribution in [3.8, 4) is 0 Å². The van der Waals surface area contributed by atoms with Crippen LogP contribution in [0.1, 0.15) is 12.0 Å². The number of rotatable bonds is 7. The Labute approximate surface area is 203 Å². The van der Waals surface area contributed by atoms with E-state index in [0.717, 1.165) is 24.3 Å². The summed E-state index contributed by atoms with van der Waals surface area (Å²) in [7, 11) is 0. The summed E-state index contributed by atoms with van der Waals surface area (Å²) in [6.07, 6.45) is -4.26. The van der Waals surface area contributed by atoms with E-state index in [1.54, 1.807) is 24.3 Å². The van der Waals surface area contributed by atoms with Gasteiger partial charge in [-0.1, -0.05) is 23.7 Å². The molecule has 0 saturated heterocycles. The van der Waals surface area contributed by atoms with E-state index in [2.05, 4.69) is 16.0 Å². The third-order valence-corrected chi connectivity index (χ3v) is 4.99. The van der Waals surface area contributed by atoms with Crippen LogP contribution in [0, 0.1) is 5.82 Å². The molecule has 0 saturated carbocycles. The van der Waals surface area contributed by atoms with Gasteiger partial charge in [0.25, 0.3) is 0 Å². The van der Waals surface area contributed by atoms with Crippen molar-refractivity contribution in [2.24, 2.45) is 0 Å². The molecule has 35 heavy (non-hydrogen) atoms. The van der Waals surface area contributed by atoms with Crippen molar-refractivity contribution in [2.75, 3.05) is 28.6 Å². The summed E-state index contributed by atoms with van der Waals surface area (Å²) in [4.78, 5) is 26.2. The molecule has 3 rings (SSSR count). The van der Waals surface area contributed by atoms with Gasteiger partial charge in [0.2, 0.25) is 0 Å². The van der Waals surface area contributed by atoms with Gasteiger partial charge in [-0.05, 0) is 67.1 Å². The Balaban J connectivity index is 1.62. The second-order valence-corrected chi connectivity index (χ2v) is 7.82. The van der Waals surface area contributed by atoms with Gasteiger partial charge in [0.1, 0.15) is 5.82 Å². The molecule has 0 spiro atoms. The zero-order valence-corrected chi connectivity index (χ0v) is 19.0. The second kappa shape index (κ2) is 11.6. The summed E-state index contributed by atoms with van der Waals surface area (Å²) in [5, 5.41) is 8.16. The number of benzene rings is 3. The van der Waals surface area contributed by atoms with Crippen LogP contribution in [-0.4, -0.2) is 25.2 Å². The highest BCUT2D eigenvalue weighted by atomic mass is 35.5. The number of anilines is 3. The van der Waals surface area contributed by atoms with Gasteiger partial charge < -0.3 is 16.0 Å². The van der Waals surface area contributed by atoms with Crippen LogP contribution in [0.4, 0.5) is 44.2 Å². The molecule has 184 valence electrons. The lowest BCUT2D eigenvalue weighted by atomic mass is 10.2. The Morgan fingerprint density at radius 2 is 1.54 bits per heavy atom. The molecule has 0 bridgehead atoms. The fourth-order valence-corrected chi connectivity index (χ4v) is 3.30. The van der Waals surface area contributed by atoms with Crippen LogP contribution < -0.4 is 20.9 Å². The number of nitrogens with one attached hydrogen (secondary N) is 3. The number of alkyl halides is 3. The SMILES string of the molecule is O=C(NCCCN(C(=O)Nc1cccc(C(F)(F)F)c1)c1ccc(F)cc1)Nc1cccc(Cl)c1. The minimum Gasteiger partial charge on any atom is -0.338 e. The van der Waals surface area contributed by atoms with Gasteiger partial charge in [0.05, 0.1) is 5.56 Å². The van der Waals surface area contributed by atoms with Gasteiger partial charge in [-0.25, -0.2) is 14.0 Å². The first-order valence-corrected chi connectivity index (χ1v) is 10.8. The second-order valence-electron chi connectivity index (χ2n) is 7.38. The first-order valence-electron chi connectivity index (χ1n) is 10.4. The van der Waals surface area contributed by atoms with Crippen molar-refractivity contribution in [1.82, 2.24) is 5.32 Å². The minimum absolute atomic E-state index is 0.0454. The molecule has 6 nitrogen and oxygen atoms in total. The normalized spacial score (nSPS) is 11.0. The third-order valence-electron chi connectivity index (χ3n) is 4.75. The number of nitrogens with zero attached hydrogens (tertiary/aromatic N) is 1. The van der Waals surface area contributed by atoms with E-state index in [4.69, 9.17) is 11.6 Å². The van der Waals surface area contributed by atoms with Crippen molar-refractivity contribution in [3.05, 3.63) is 89.2 Å². The maximum atomic E-state index is 13.4. The van der Waals surface area contributed by atoms with E-state index in [-0.39, 0.29) is 18.8 Å². The van der Waals surface area contributed by atoms with Gasteiger partial charge in [0, 0.05) is 35.2 Å². The van der Waals surface area contributed by atoms with Gasteiger partial charge in [-0.2, -0.15) is 13.2 Å². The highest BCUT2D eigenvalue weighted by molar-refractivity contribution is 6.30. The molecule has 3 aromatic rings. The molecule has 3 N–H and O–H groups in total. The lowest BCUT2D eigenvalue weighted by Gasteiger charge is -2.23. The molecule has 0 radical (unpaired) electrons. The number of carbonyl (C=O) groups is 2. The van der Waals surface area contributed by atoms with Crippen molar-refractivity contribution in [3.63, 3.8) is 0 Å². The van der Waals surface area contributed by atoms with Gasteiger partial charge in [-0.3, -0.25) is 4.90 Å². The minimum atomic E-state index is -4.56. The molecular weight excluding hydrogens is 488 g/mol. The zero-order chi connectivity index (χ0) is 25.4. The van der Waals surface area contributed by atoms with E-state index in [1.165, 1.54) is 29.2 Å². The van der Waals surface area contributed by atoms with Gasteiger partial charge in [0.15, 0.2) is 0 Å². The number of amides is 4. The summed E-state index contributed by atoms with van der Waals surface area (Å²) in [5.74, 6) is -0.508. The number of urea groups is 2. The Morgan fingerprint density at radius 1 is 0.886 bits per heavy atom. The Kier molecular flexibility index (Phi) is 8.53. The zero-order valence-electron chi connectivity index (χ0n) is 18.2. The summed E-state index contributed by atoms with van der Waals surface area (Å²) in [6, 6.07) is 14.7. The van der Waals surface area contributed by atoms with Crippen LogP contribution in [-0.2, 0) is 6.18 Å². The average molecular weight is 509 g/mol. The number of halogens is 5. The standard InChI is InChI=1S/C24H21ClF4N4O2/c25-17-5-2-7-20(15-17)31-22(34)30-12-3-13-33(21-10-8-18(26)9-11-21)23(35)32-19-6-1-4-16(14-19)24(27,28)29/h1-2,4-11,14-15H,3,12-13H2,(H,32,35)(H2,30,31,34). The van der Waals surface area contributed by atoms with Crippen molar-refractivity contribution in [1.29, 1.82) is 0 Å². The first-order chi connectivity index (χ1) is 16.6. The van der Waals surface area contributed by atoms with E-state index in [0.29, 0.717) is 22.8 Å². The molecule has 0 unspecified atom stereocenters. The molecule has 0 aromatic heterocycles. The molecule has 0 aliphatic rings. The smallest absolute Gasteiger partial charge is 0.338 e. The summed E-state index contributed by atoms with van der Waals surface area (Å²) in [6.45, 7) is 0.273. The fourth-order valence-electron chi connectivity index (χ4n) is 3.11. The van der Waals surface area contributed by atoms with Crippen LogP contribution in [0.5, 0.6) is 0 Å². The molecule has 0 heterocycles. The van der Waals surface area contributed by atoms with E-state index < -0.39 is 29.6 Å². The van der Waals surface area contributed by atoms with Crippen molar-refractivity contribution < 1.29 is 27.2 Å². The lowest BCUT2D eigenvalue weighted by Crippen LogP contribution is -2.38. The number of hydrogen-bond acceptors (Lipinski definition) is 2. The highest BCUT2D eigenvalue weighted by Gasteiger charge is 2.30. The number of hydrogen-bond donors (Lipinski definition) is 3. The fraction of sp³-hybridized carbons (Fsp3) is 0.167.